The number of rotatable bonds is 7. The quantitative estimate of drug-likeness (QED) is 0.474. The third-order valence-electron chi connectivity index (χ3n) is 5.09. The fraction of sp³-hybridized carbons (Fsp3) is 0.364. The van der Waals surface area contributed by atoms with Crippen LogP contribution in [0.15, 0.2) is 35.5 Å². The molecule has 7 heteroatoms. The average molecular weight is 410 g/mol. The molecule has 2 aromatic heterocycles. The van der Waals surface area contributed by atoms with Crippen molar-refractivity contribution in [3.63, 3.8) is 0 Å². The molecule has 0 aliphatic heterocycles. The van der Waals surface area contributed by atoms with Crippen molar-refractivity contribution in [3.05, 3.63) is 64.2 Å². The number of amides is 1. The summed E-state index contributed by atoms with van der Waals surface area (Å²) in [5, 5.41) is 8.45. The second-order valence-electron chi connectivity index (χ2n) is 7.03. The Morgan fingerprint density at radius 1 is 1.00 bits per heavy atom. The van der Waals surface area contributed by atoms with Gasteiger partial charge in [0, 0.05) is 35.6 Å². The van der Waals surface area contributed by atoms with Gasteiger partial charge in [-0.1, -0.05) is 30.0 Å². The Hall–Kier alpha value is -2.67. The van der Waals surface area contributed by atoms with E-state index in [1.807, 2.05) is 69.0 Å². The van der Waals surface area contributed by atoms with Crippen molar-refractivity contribution >= 4 is 17.7 Å². The Bertz CT molecular complexity index is 991. The Balaban J connectivity index is 1.63. The van der Waals surface area contributed by atoms with Crippen molar-refractivity contribution in [3.8, 4) is 5.69 Å². The van der Waals surface area contributed by atoms with Gasteiger partial charge in [0.05, 0.1) is 11.4 Å². The zero-order valence-corrected chi connectivity index (χ0v) is 18.4. The molecule has 0 unspecified atom stereocenters. The summed E-state index contributed by atoms with van der Waals surface area (Å²) in [6.07, 6.45) is 3.01. The highest BCUT2D eigenvalue weighted by atomic mass is 32.2. The molecule has 6 nitrogen and oxygen atoms in total. The Labute approximate surface area is 176 Å². The number of benzene rings is 1. The number of nitrogens with zero attached hydrogens (tertiary/aromatic N) is 4. The predicted octanol–water partition coefficient (Wildman–Crippen LogP) is 3.87. The van der Waals surface area contributed by atoms with Gasteiger partial charge in [-0.25, -0.2) is 14.6 Å². The molecule has 0 atom stereocenters. The highest BCUT2D eigenvalue weighted by Gasteiger charge is 2.15. The third kappa shape index (κ3) is 4.85. The molecular formula is C22H27N5OS. The minimum atomic E-state index is 0.0176. The summed E-state index contributed by atoms with van der Waals surface area (Å²) in [7, 11) is 0. The summed E-state index contributed by atoms with van der Waals surface area (Å²) < 4.78 is 1.92. The van der Waals surface area contributed by atoms with Crippen LogP contribution in [-0.2, 0) is 17.8 Å². The van der Waals surface area contributed by atoms with E-state index in [2.05, 4.69) is 20.4 Å². The van der Waals surface area contributed by atoms with Crippen molar-refractivity contribution in [2.75, 3.05) is 6.26 Å². The highest BCUT2D eigenvalue weighted by Crippen LogP contribution is 2.19. The van der Waals surface area contributed by atoms with Crippen LogP contribution in [0.5, 0.6) is 0 Å². The molecule has 1 aromatic carbocycles. The number of aryl methyl sites for hydroxylation is 3. The standard InChI is InChI=1S/C22H27N5OS/c1-14-19(15(2)25-22(24-14)29-5)11-12-21(28)23-13-20-16(3)26-27(17(20)4)18-9-7-6-8-10-18/h6-10H,11-13H2,1-5H3,(H,23,28). The van der Waals surface area contributed by atoms with Gasteiger partial charge >= 0.3 is 0 Å². The number of para-hydroxylation sites is 1. The van der Waals surface area contributed by atoms with Crippen molar-refractivity contribution < 1.29 is 4.79 Å². The minimum absolute atomic E-state index is 0.0176. The van der Waals surface area contributed by atoms with Crippen molar-refractivity contribution in [2.45, 2.75) is 52.2 Å². The van der Waals surface area contributed by atoms with Crippen molar-refractivity contribution in [2.24, 2.45) is 0 Å². The van der Waals surface area contributed by atoms with E-state index in [1.54, 1.807) is 0 Å². The van der Waals surface area contributed by atoms with Crippen LogP contribution in [0.4, 0.5) is 0 Å². The first-order chi connectivity index (χ1) is 13.9. The molecule has 1 amide bonds. The first-order valence-electron chi connectivity index (χ1n) is 9.66. The van der Waals surface area contributed by atoms with Crippen LogP contribution in [0.25, 0.3) is 5.69 Å². The van der Waals surface area contributed by atoms with E-state index >= 15 is 0 Å². The van der Waals surface area contributed by atoms with Crippen molar-refractivity contribution in [1.29, 1.82) is 0 Å². The number of carbonyl (C=O) groups excluding carboxylic acids is 1. The maximum absolute atomic E-state index is 12.5. The van der Waals surface area contributed by atoms with E-state index in [4.69, 9.17) is 0 Å². The molecule has 0 fully saturated rings. The van der Waals surface area contributed by atoms with Crippen molar-refractivity contribution in [1.82, 2.24) is 25.1 Å². The molecule has 1 N–H and O–H groups in total. The normalized spacial score (nSPS) is 10.9. The second kappa shape index (κ2) is 9.22. The summed E-state index contributed by atoms with van der Waals surface area (Å²) in [5.74, 6) is 0.0176. The van der Waals surface area contributed by atoms with Gasteiger partial charge in [0.1, 0.15) is 0 Å². The molecule has 0 spiro atoms. The number of aromatic nitrogens is 4. The lowest BCUT2D eigenvalue weighted by Crippen LogP contribution is -2.24. The van der Waals surface area contributed by atoms with Crippen LogP contribution < -0.4 is 5.32 Å². The molecule has 0 saturated carbocycles. The smallest absolute Gasteiger partial charge is 0.220 e. The molecule has 0 saturated heterocycles. The Morgan fingerprint density at radius 2 is 1.66 bits per heavy atom. The van der Waals surface area contributed by atoms with Crippen LogP contribution in [0.3, 0.4) is 0 Å². The van der Waals surface area contributed by atoms with Crippen LogP contribution >= 0.6 is 11.8 Å². The summed E-state index contributed by atoms with van der Waals surface area (Å²) >= 11 is 1.53. The summed E-state index contributed by atoms with van der Waals surface area (Å²) in [5.41, 5.74) is 7.01. The first kappa shape index (κ1) is 21.0. The molecule has 0 aliphatic rings. The molecular weight excluding hydrogens is 382 g/mol. The first-order valence-corrected chi connectivity index (χ1v) is 10.9. The van der Waals surface area contributed by atoms with Gasteiger partial charge in [0.25, 0.3) is 0 Å². The van der Waals surface area contributed by atoms with Gasteiger partial charge in [0.15, 0.2) is 5.16 Å². The topological polar surface area (TPSA) is 72.7 Å². The third-order valence-corrected chi connectivity index (χ3v) is 5.64. The van der Waals surface area contributed by atoms with Gasteiger partial charge in [-0.2, -0.15) is 5.10 Å². The van der Waals surface area contributed by atoms with Crippen LogP contribution in [0.1, 0.15) is 40.3 Å². The lowest BCUT2D eigenvalue weighted by atomic mass is 10.1. The van der Waals surface area contributed by atoms with E-state index < -0.39 is 0 Å². The lowest BCUT2D eigenvalue weighted by molar-refractivity contribution is -0.121. The van der Waals surface area contributed by atoms with Crippen LogP contribution in [-0.4, -0.2) is 31.9 Å². The lowest BCUT2D eigenvalue weighted by Gasteiger charge is -2.10. The van der Waals surface area contributed by atoms with E-state index in [0.717, 1.165) is 44.7 Å². The summed E-state index contributed by atoms with van der Waals surface area (Å²) in [4.78, 5) is 21.4. The summed E-state index contributed by atoms with van der Waals surface area (Å²) in [6.45, 7) is 8.44. The maximum Gasteiger partial charge on any atom is 0.220 e. The van der Waals surface area contributed by atoms with Crippen LogP contribution in [0, 0.1) is 27.7 Å². The van der Waals surface area contributed by atoms with Gasteiger partial charge in [-0.05, 0) is 58.1 Å². The Morgan fingerprint density at radius 3 is 2.28 bits per heavy atom. The zero-order valence-electron chi connectivity index (χ0n) is 17.6. The zero-order chi connectivity index (χ0) is 21.0. The van der Waals surface area contributed by atoms with Crippen LogP contribution in [0.2, 0.25) is 0 Å². The second-order valence-corrected chi connectivity index (χ2v) is 7.81. The van der Waals surface area contributed by atoms with E-state index in [9.17, 15) is 4.79 Å². The number of nitrogens with one attached hydrogen (secondary N) is 1. The molecule has 0 radical (unpaired) electrons. The van der Waals surface area contributed by atoms with Gasteiger partial charge in [-0.15, -0.1) is 0 Å². The van der Waals surface area contributed by atoms with Gasteiger partial charge < -0.3 is 5.32 Å². The molecule has 2 heterocycles. The fourth-order valence-corrected chi connectivity index (χ4v) is 3.88. The largest absolute Gasteiger partial charge is 0.352 e. The number of carbonyl (C=O) groups is 1. The number of hydrogen-bond acceptors (Lipinski definition) is 5. The van der Waals surface area contributed by atoms with E-state index in [-0.39, 0.29) is 5.91 Å². The van der Waals surface area contributed by atoms with E-state index in [1.165, 1.54) is 11.8 Å². The Kier molecular flexibility index (Phi) is 6.69. The van der Waals surface area contributed by atoms with Gasteiger partial charge in [-0.3, -0.25) is 4.79 Å². The SMILES string of the molecule is CSc1nc(C)c(CCC(=O)NCc2c(C)nn(-c3ccccc3)c2C)c(C)n1. The maximum atomic E-state index is 12.5. The molecule has 3 aromatic rings. The van der Waals surface area contributed by atoms with Gasteiger partial charge in [0.2, 0.25) is 5.91 Å². The molecule has 29 heavy (non-hydrogen) atoms. The monoisotopic (exact) mass is 409 g/mol. The number of thioether (sulfide) groups is 1. The predicted molar refractivity (Wildman–Crippen MR) is 116 cm³/mol. The number of hydrogen-bond donors (Lipinski definition) is 1. The summed E-state index contributed by atoms with van der Waals surface area (Å²) in [6, 6.07) is 10.0. The molecule has 0 bridgehead atoms. The van der Waals surface area contributed by atoms with E-state index in [0.29, 0.717) is 19.4 Å². The highest BCUT2D eigenvalue weighted by molar-refractivity contribution is 7.98. The molecule has 0 aliphatic carbocycles. The minimum Gasteiger partial charge on any atom is -0.352 e. The average Bonchev–Trinajstić information content (AvgIpc) is 2.99. The fourth-order valence-electron chi connectivity index (χ4n) is 3.43. The molecule has 3 rings (SSSR count). The molecule has 152 valence electrons.